The maximum absolute atomic E-state index is 12.5. The number of benzene rings is 1. The van der Waals surface area contributed by atoms with E-state index >= 15 is 0 Å². The van der Waals surface area contributed by atoms with E-state index in [4.69, 9.17) is 32.7 Å². The lowest BCUT2D eigenvalue weighted by Gasteiger charge is -2.22. The molecule has 1 saturated carbocycles. The molecule has 1 amide bonds. The highest BCUT2D eigenvalue weighted by Gasteiger charge is 2.69. The average molecular weight is 388 g/mol. The first-order valence-corrected chi connectivity index (χ1v) is 8.53. The molecule has 6 nitrogen and oxygen atoms in total. The normalized spacial score (nSPS) is 20.5. The second kappa shape index (κ2) is 7.62. The van der Waals surface area contributed by atoms with Crippen LogP contribution in [0.2, 0.25) is 0 Å². The molecule has 8 heteroatoms. The third-order valence-electron chi connectivity index (χ3n) is 4.00. The van der Waals surface area contributed by atoms with E-state index in [-0.39, 0.29) is 19.6 Å². The minimum absolute atomic E-state index is 0.205. The molecule has 1 aromatic rings. The number of ether oxygens (including phenoxy) is 2. The summed E-state index contributed by atoms with van der Waals surface area (Å²) in [5, 5.41) is 0. The minimum Gasteiger partial charge on any atom is -0.465 e. The van der Waals surface area contributed by atoms with Gasteiger partial charge in [0, 0.05) is 12.1 Å². The number of nitrogens with zero attached hydrogens (tertiary/aromatic N) is 1. The summed E-state index contributed by atoms with van der Waals surface area (Å²) in [6.07, 6.45) is 0.265. The second-order valence-electron chi connectivity index (χ2n) is 5.91. The fourth-order valence-electron chi connectivity index (χ4n) is 2.25. The zero-order chi connectivity index (χ0) is 18.7. The van der Waals surface area contributed by atoms with Crippen LogP contribution in [0, 0.1) is 5.41 Å². The Balaban J connectivity index is 2.03. The lowest BCUT2D eigenvalue weighted by atomic mass is 10.1. The van der Waals surface area contributed by atoms with Gasteiger partial charge in [0.05, 0.1) is 6.61 Å². The molecular formula is C17H19Cl2NO5. The molecule has 1 fully saturated rings. The molecule has 25 heavy (non-hydrogen) atoms. The summed E-state index contributed by atoms with van der Waals surface area (Å²) < 4.78 is 8.78. The number of hydrogen-bond donors (Lipinski definition) is 0. The number of alkyl halides is 2. The summed E-state index contributed by atoms with van der Waals surface area (Å²) in [5.74, 6) is -1.75. The maximum Gasteiger partial charge on any atom is 0.326 e. The van der Waals surface area contributed by atoms with Crippen molar-refractivity contribution in [2.75, 3.05) is 24.7 Å². The second-order valence-corrected chi connectivity index (χ2v) is 7.39. The molecule has 136 valence electrons. The van der Waals surface area contributed by atoms with E-state index in [1.807, 2.05) is 0 Å². The Bertz CT molecular complexity index is 664. The van der Waals surface area contributed by atoms with Gasteiger partial charge in [0.25, 0.3) is 5.91 Å². The van der Waals surface area contributed by atoms with Gasteiger partial charge in [0.2, 0.25) is 0 Å². The molecule has 1 aliphatic rings. The number of para-hydroxylation sites is 1. The predicted octanol–water partition coefficient (Wildman–Crippen LogP) is 2.71. The Morgan fingerprint density at radius 2 is 1.76 bits per heavy atom. The van der Waals surface area contributed by atoms with Crippen molar-refractivity contribution in [1.82, 2.24) is 0 Å². The van der Waals surface area contributed by atoms with E-state index in [9.17, 15) is 14.4 Å². The summed E-state index contributed by atoms with van der Waals surface area (Å²) in [6, 6.07) is 8.58. The fraction of sp³-hybridized carbons (Fsp3) is 0.471. The summed E-state index contributed by atoms with van der Waals surface area (Å²) in [5.41, 5.74) is -0.520. The zero-order valence-electron chi connectivity index (χ0n) is 14.0. The van der Waals surface area contributed by atoms with Crippen molar-refractivity contribution >= 4 is 46.7 Å². The smallest absolute Gasteiger partial charge is 0.326 e. The molecule has 0 heterocycles. The number of amides is 1. The molecule has 0 radical (unpaired) electrons. The van der Waals surface area contributed by atoms with Crippen LogP contribution in [0.15, 0.2) is 30.3 Å². The molecule has 0 N–H and O–H groups in total. The lowest BCUT2D eigenvalue weighted by Crippen LogP contribution is -2.40. The van der Waals surface area contributed by atoms with Crippen LogP contribution in [0.3, 0.4) is 0 Å². The molecule has 2 rings (SSSR count). The number of rotatable bonds is 7. The van der Waals surface area contributed by atoms with E-state index in [2.05, 4.69) is 0 Å². The van der Waals surface area contributed by atoms with Gasteiger partial charge in [-0.15, -0.1) is 23.2 Å². The van der Waals surface area contributed by atoms with Crippen LogP contribution in [0.1, 0.15) is 20.3 Å². The Hall–Kier alpha value is -1.79. The SMILES string of the molecule is CCOC(=O)CN(C(=O)COC(=O)C1(C)CC1(Cl)Cl)c1ccccc1. The number of anilines is 1. The lowest BCUT2D eigenvalue weighted by molar-refractivity contribution is -0.153. The van der Waals surface area contributed by atoms with Crippen LogP contribution >= 0.6 is 23.2 Å². The average Bonchev–Trinajstić information content (AvgIpc) is 3.10. The molecule has 0 saturated heterocycles. The van der Waals surface area contributed by atoms with Gasteiger partial charge in [0.1, 0.15) is 16.3 Å². The molecule has 1 atom stereocenters. The van der Waals surface area contributed by atoms with Gasteiger partial charge in [-0.25, -0.2) is 0 Å². The number of carbonyl (C=O) groups excluding carboxylic acids is 3. The van der Waals surface area contributed by atoms with Crippen LogP contribution in [-0.2, 0) is 23.9 Å². The van der Waals surface area contributed by atoms with E-state index in [0.29, 0.717) is 5.69 Å². The van der Waals surface area contributed by atoms with Gasteiger partial charge >= 0.3 is 11.9 Å². The van der Waals surface area contributed by atoms with Crippen molar-refractivity contribution in [2.24, 2.45) is 5.41 Å². The number of hydrogen-bond acceptors (Lipinski definition) is 5. The first-order valence-electron chi connectivity index (χ1n) is 7.77. The zero-order valence-corrected chi connectivity index (χ0v) is 15.5. The number of halogens is 2. The summed E-state index contributed by atoms with van der Waals surface area (Å²) >= 11 is 11.9. The van der Waals surface area contributed by atoms with Gasteiger partial charge in [-0.2, -0.15) is 0 Å². The van der Waals surface area contributed by atoms with Crippen molar-refractivity contribution < 1.29 is 23.9 Å². The standard InChI is InChI=1S/C17H19Cl2NO5/c1-3-24-14(22)9-20(12-7-5-4-6-8-12)13(21)10-25-15(23)16(2)11-17(16,18)19/h4-8H,3,9-11H2,1-2H3. The molecule has 0 aliphatic heterocycles. The minimum atomic E-state index is -1.17. The largest absolute Gasteiger partial charge is 0.465 e. The predicted molar refractivity (Wildman–Crippen MR) is 93.5 cm³/mol. The van der Waals surface area contributed by atoms with Gasteiger partial charge in [-0.1, -0.05) is 18.2 Å². The highest BCUT2D eigenvalue weighted by molar-refractivity contribution is 6.53. The monoisotopic (exact) mass is 387 g/mol. The van der Waals surface area contributed by atoms with Crippen LogP contribution < -0.4 is 4.90 Å². The number of esters is 2. The van der Waals surface area contributed by atoms with Crippen LogP contribution in [0.4, 0.5) is 5.69 Å². The molecule has 0 spiro atoms. The maximum atomic E-state index is 12.5. The first kappa shape index (κ1) is 19.5. The highest BCUT2D eigenvalue weighted by Crippen LogP contribution is 2.64. The van der Waals surface area contributed by atoms with Crippen molar-refractivity contribution in [2.45, 2.75) is 24.6 Å². The van der Waals surface area contributed by atoms with Gasteiger partial charge in [-0.3, -0.25) is 19.3 Å². The van der Waals surface area contributed by atoms with Crippen molar-refractivity contribution in [3.63, 3.8) is 0 Å². The quantitative estimate of drug-likeness (QED) is 0.531. The van der Waals surface area contributed by atoms with Crippen LogP contribution in [0.25, 0.3) is 0 Å². The molecule has 0 bridgehead atoms. The van der Waals surface area contributed by atoms with Gasteiger partial charge in [-0.05, 0) is 26.0 Å². The Kier molecular flexibility index (Phi) is 5.95. The topological polar surface area (TPSA) is 72.9 Å². The van der Waals surface area contributed by atoms with Gasteiger partial charge < -0.3 is 9.47 Å². The van der Waals surface area contributed by atoms with E-state index in [1.165, 1.54) is 4.90 Å². The van der Waals surface area contributed by atoms with E-state index < -0.39 is 34.2 Å². The van der Waals surface area contributed by atoms with E-state index in [1.54, 1.807) is 44.2 Å². The van der Waals surface area contributed by atoms with Gasteiger partial charge in [0.15, 0.2) is 6.61 Å². The van der Waals surface area contributed by atoms with Crippen LogP contribution in [-0.4, -0.2) is 41.9 Å². The highest BCUT2D eigenvalue weighted by atomic mass is 35.5. The molecule has 1 unspecified atom stereocenters. The number of carbonyl (C=O) groups is 3. The summed E-state index contributed by atoms with van der Waals surface area (Å²) in [6.45, 7) is 2.66. The Morgan fingerprint density at radius 1 is 1.16 bits per heavy atom. The van der Waals surface area contributed by atoms with E-state index in [0.717, 1.165) is 0 Å². The fourth-order valence-corrected chi connectivity index (χ4v) is 2.94. The van der Waals surface area contributed by atoms with Crippen LogP contribution in [0.5, 0.6) is 0 Å². The third-order valence-corrected chi connectivity index (χ3v) is 5.10. The summed E-state index contributed by atoms with van der Waals surface area (Å²) in [7, 11) is 0. The van der Waals surface area contributed by atoms with Crippen molar-refractivity contribution in [3.8, 4) is 0 Å². The molecule has 1 aromatic carbocycles. The summed E-state index contributed by atoms with van der Waals surface area (Å²) in [4.78, 5) is 37.5. The molecule has 1 aliphatic carbocycles. The van der Waals surface area contributed by atoms with Crippen molar-refractivity contribution in [1.29, 1.82) is 0 Å². The third kappa shape index (κ3) is 4.44. The Labute approximate surface area is 156 Å². The first-order chi connectivity index (χ1) is 11.7. The molecule has 0 aromatic heterocycles. The molecular weight excluding hydrogens is 369 g/mol. The van der Waals surface area contributed by atoms with Crippen molar-refractivity contribution in [3.05, 3.63) is 30.3 Å². The Morgan fingerprint density at radius 3 is 2.28 bits per heavy atom.